The number of hydrogen-bond donors (Lipinski definition) is 2. The molecule has 100 valence electrons. The van der Waals surface area contributed by atoms with Gasteiger partial charge in [-0.3, -0.25) is 4.79 Å². The number of methoxy groups -OCH3 is 1. The van der Waals surface area contributed by atoms with Crippen LogP contribution in [0.5, 0.6) is 0 Å². The number of carbonyl (C=O) groups excluding carboxylic acids is 1. The third kappa shape index (κ3) is 4.33. The van der Waals surface area contributed by atoms with Gasteiger partial charge in [0.05, 0.1) is 12.1 Å². The van der Waals surface area contributed by atoms with E-state index >= 15 is 0 Å². The monoisotopic (exact) mass is 251 g/mol. The van der Waals surface area contributed by atoms with Crippen molar-refractivity contribution in [1.82, 2.24) is 10.3 Å². The molecule has 0 atom stereocenters. The lowest BCUT2D eigenvalue weighted by atomic mass is 10.1. The van der Waals surface area contributed by atoms with Gasteiger partial charge in [0.15, 0.2) is 0 Å². The molecule has 1 aromatic rings. The number of anilines is 1. The van der Waals surface area contributed by atoms with E-state index in [2.05, 4.69) is 15.6 Å². The molecule has 1 rings (SSSR count). The third-order valence-corrected chi connectivity index (χ3v) is 2.30. The van der Waals surface area contributed by atoms with Crippen molar-refractivity contribution in [1.29, 1.82) is 0 Å². The first kappa shape index (κ1) is 14.4. The average Bonchev–Trinajstić information content (AvgIpc) is 2.29. The molecular weight excluding hydrogens is 230 g/mol. The number of amides is 1. The van der Waals surface area contributed by atoms with Gasteiger partial charge in [-0.1, -0.05) is 6.07 Å². The zero-order valence-corrected chi connectivity index (χ0v) is 11.4. The Morgan fingerprint density at radius 3 is 2.78 bits per heavy atom. The number of carbonyl (C=O) groups is 1. The van der Waals surface area contributed by atoms with Gasteiger partial charge < -0.3 is 15.4 Å². The summed E-state index contributed by atoms with van der Waals surface area (Å²) < 4.78 is 5.06. The van der Waals surface area contributed by atoms with Crippen LogP contribution in [0.25, 0.3) is 0 Å². The number of aromatic nitrogens is 1. The van der Waals surface area contributed by atoms with E-state index in [0.29, 0.717) is 18.1 Å². The van der Waals surface area contributed by atoms with E-state index in [1.54, 1.807) is 13.2 Å². The summed E-state index contributed by atoms with van der Waals surface area (Å²) in [6.07, 6.45) is 0. The van der Waals surface area contributed by atoms with Crippen LogP contribution in [0.1, 0.15) is 31.3 Å². The Bertz CT molecular complexity index is 405. The Balaban J connectivity index is 2.75. The molecule has 2 N–H and O–H groups in total. The van der Waals surface area contributed by atoms with E-state index in [1.807, 2.05) is 32.9 Å². The standard InChI is InChI=1S/C13H21N3O2/c1-5-14-11-8-6-7-10(15-11)12(17)16-13(2,3)9-18-4/h6-8H,5,9H2,1-4H3,(H,14,15)(H,16,17). The first-order valence-corrected chi connectivity index (χ1v) is 6.01. The summed E-state index contributed by atoms with van der Waals surface area (Å²) >= 11 is 0. The van der Waals surface area contributed by atoms with Crippen LogP contribution in [-0.4, -0.2) is 36.7 Å². The molecule has 18 heavy (non-hydrogen) atoms. The molecular formula is C13H21N3O2. The van der Waals surface area contributed by atoms with Crippen molar-refractivity contribution in [3.63, 3.8) is 0 Å². The largest absolute Gasteiger partial charge is 0.382 e. The second kappa shape index (κ2) is 6.35. The van der Waals surface area contributed by atoms with E-state index < -0.39 is 5.54 Å². The summed E-state index contributed by atoms with van der Waals surface area (Å²) in [6, 6.07) is 5.34. The molecule has 0 aromatic carbocycles. The zero-order chi connectivity index (χ0) is 13.6. The Morgan fingerprint density at radius 2 is 2.17 bits per heavy atom. The summed E-state index contributed by atoms with van der Waals surface area (Å²) in [6.45, 7) is 7.01. The van der Waals surface area contributed by atoms with Crippen molar-refractivity contribution in [2.75, 3.05) is 25.6 Å². The number of nitrogens with one attached hydrogen (secondary N) is 2. The SMILES string of the molecule is CCNc1cccc(C(=O)NC(C)(C)COC)n1. The van der Waals surface area contributed by atoms with Gasteiger partial charge in [-0.15, -0.1) is 0 Å². The highest BCUT2D eigenvalue weighted by atomic mass is 16.5. The van der Waals surface area contributed by atoms with Gasteiger partial charge in [0.25, 0.3) is 5.91 Å². The van der Waals surface area contributed by atoms with E-state index in [4.69, 9.17) is 4.74 Å². The minimum absolute atomic E-state index is 0.197. The fourth-order valence-corrected chi connectivity index (χ4v) is 1.61. The number of rotatable bonds is 6. The fourth-order valence-electron chi connectivity index (χ4n) is 1.61. The molecule has 0 aliphatic rings. The third-order valence-electron chi connectivity index (χ3n) is 2.30. The smallest absolute Gasteiger partial charge is 0.270 e. The van der Waals surface area contributed by atoms with Crippen LogP contribution in [0.4, 0.5) is 5.82 Å². The Kier molecular flexibility index (Phi) is 5.09. The van der Waals surface area contributed by atoms with Gasteiger partial charge in [-0.25, -0.2) is 4.98 Å². The van der Waals surface area contributed by atoms with Gasteiger partial charge in [0, 0.05) is 13.7 Å². The van der Waals surface area contributed by atoms with E-state index in [1.165, 1.54) is 0 Å². The quantitative estimate of drug-likeness (QED) is 0.807. The van der Waals surface area contributed by atoms with Crippen LogP contribution in [0.15, 0.2) is 18.2 Å². The molecule has 0 spiro atoms. The van der Waals surface area contributed by atoms with Crippen LogP contribution in [0.2, 0.25) is 0 Å². The molecule has 0 saturated heterocycles. The van der Waals surface area contributed by atoms with Crippen LogP contribution in [0, 0.1) is 0 Å². The summed E-state index contributed by atoms with van der Waals surface area (Å²) in [7, 11) is 1.61. The van der Waals surface area contributed by atoms with Crippen LogP contribution < -0.4 is 10.6 Å². The summed E-state index contributed by atoms with van der Waals surface area (Å²) in [5, 5.41) is 5.96. The van der Waals surface area contributed by atoms with Gasteiger partial charge in [0.1, 0.15) is 11.5 Å². The van der Waals surface area contributed by atoms with Crippen molar-refractivity contribution in [3.8, 4) is 0 Å². The van der Waals surface area contributed by atoms with Crippen molar-refractivity contribution < 1.29 is 9.53 Å². The summed E-state index contributed by atoms with van der Waals surface area (Å²) in [5.74, 6) is 0.506. The maximum absolute atomic E-state index is 12.0. The van der Waals surface area contributed by atoms with Crippen molar-refractivity contribution >= 4 is 11.7 Å². The van der Waals surface area contributed by atoms with E-state index in [0.717, 1.165) is 6.54 Å². The highest BCUT2D eigenvalue weighted by Gasteiger charge is 2.21. The molecule has 1 aromatic heterocycles. The van der Waals surface area contributed by atoms with E-state index in [-0.39, 0.29) is 5.91 Å². The maximum atomic E-state index is 12.0. The van der Waals surface area contributed by atoms with E-state index in [9.17, 15) is 4.79 Å². The normalized spacial score (nSPS) is 11.1. The molecule has 0 bridgehead atoms. The van der Waals surface area contributed by atoms with Crippen LogP contribution >= 0.6 is 0 Å². The molecule has 0 saturated carbocycles. The maximum Gasteiger partial charge on any atom is 0.270 e. The second-order valence-electron chi connectivity index (χ2n) is 4.71. The Labute approximate surface area is 108 Å². The number of nitrogens with zero attached hydrogens (tertiary/aromatic N) is 1. The van der Waals surface area contributed by atoms with Gasteiger partial charge in [-0.05, 0) is 32.9 Å². The number of ether oxygens (including phenoxy) is 1. The summed E-state index contributed by atoms with van der Waals surface area (Å²) in [5.41, 5.74) is -0.0144. The predicted molar refractivity (Wildman–Crippen MR) is 71.8 cm³/mol. The minimum atomic E-state index is -0.415. The minimum Gasteiger partial charge on any atom is -0.382 e. The number of hydrogen-bond acceptors (Lipinski definition) is 4. The molecule has 5 nitrogen and oxygen atoms in total. The average molecular weight is 251 g/mol. The molecule has 0 aliphatic carbocycles. The highest BCUT2D eigenvalue weighted by molar-refractivity contribution is 5.93. The van der Waals surface area contributed by atoms with Crippen molar-refractivity contribution in [3.05, 3.63) is 23.9 Å². The first-order chi connectivity index (χ1) is 8.48. The van der Waals surface area contributed by atoms with Gasteiger partial charge >= 0.3 is 0 Å². The topological polar surface area (TPSA) is 63.2 Å². The Morgan fingerprint density at radius 1 is 1.44 bits per heavy atom. The van der Waals surface area contributed by atoms with Gasteiger partial charge in [-0.2, -0.15) is 0 Å². The molecule has 0 unspecified atom stereocenters. The zero-order valence-electron chi connectivity index (χ0n) is 11.4. The van der Waals surface area contributed by atoms with Crippen molar-refractivity contribution in [2.24, 2.45) is 0 Å². The number of pyridine rings is 1. The Hall–Kier alpha value is -1.62. The highest BCUT2D eigenvalue weighted by Crippen LogP contribution is 2.07. The lowest BCUT2D eigenvalue weighted by Crippen LogP contribution is -2.47. The molecule has 0 aliphatic heterocycles. The molecule has 1 amide bonds. The first-order valence-electron chi connectivity index (χ1n) is 6.01. The molecule has 1 heterocycles. The molecule has 0 radical (unpaired) electrons. The summed E-state index contributed by atoms with van der Waals surface area (Å²) in [4.78, 5) is 16.3. The molecule has 0 fully saturated rings. The van der Waals surface area contributed by atoms with Crippen molar-refractivity contribution in [2.45, 2.75) is 26.3 Å². The second-order valence-corrected chi connectivity index (χ2v) is 4.71. The van der Waals surface area contributed by atoms with Crippen LogP contribution in [0.3, 0.4) is 0 Å². The lowest BCUT2D eigenvalue weighted by molar-refractivity contribution is 0.0815. The fraction of sp³-hybridized carbons (Fsp3) is 0.538. The van der Waals surface area contributed by atoms with Gasteiger partial charge in [0.2, 0.25) is 0 Å². The lowest BCUT2D eigenvalue weighted by Gasteiger charge is -2.25. The van der Waals surface area contributed by atoms with Crippen LogP contribution in [-0.2, 0) is 4.74 Å². The molecule has 5 heteroatoms. The predicted octanol–water partition coefficient (Wildman–Crippen LogP) is 1.67.